The van der Waals surface area contributed by atoms with Crippen molar-refractivity contribution in [1.29, 1.82) is 0 Å². The van der Waals surface area contributed by atoms with Gasteiger partial charge in [-0.05, 0) is 57.8 Å². The van der Waals surface area contributed by atoms with Crippen LogP contribution in [-0.2, 0) is 38.1 Å². The molecule has 0 saturated heterocycles. The van der Waals surface area contributed by atoms with Gasteiger partial charge in [0.15, 0.2) is 0 Å². The number of carbonyl (C=O) groups excluding carboxylic acids is 4. The first-order valence-electron chi connectivity index (χ1n) is 21.8. The van der Waals surface area contributed by atoms with Crippen LogP contribution in [0.4, 0.5) is 0 Å². The van der Waals surface area contributed by atoms with E-state index < -0.39 is 11.9 Å². The lowest BCUT2D eigenvalue weighted by atomic mass is 10.0. The van der Waals surface area contributed by atoms with Crippen molar-refractivity contribution < 1.29 is 43.2 Å². The maximum Gasteiger partial charge on any atom is 0.306 e. The molecule has 0 heterocycles. The number of hydrogen-bond donors (Lipinski definition) is 1. The van der Waals surface area contributed by atoms with Gasteiger partial charge in [0.1, 0.15) is 12.7 Å². The van der Waals surface area contributed by atoms with E-state index in [1.165, 1.54) is 89.9 Å². The van der Waals surface area contributed by atoms with Gasteiger partial charge in [0.2, 0.25) is 0 Å². The van der Waals surface area contributed by atoms with Crippen LogP contribution in [0.25, 0.3) is 0 Å². The zero-order valence-corrected chi connectivity index (χ0v) is 34.4. The molecule has 0 aliphatic heterocycles. The predicted octanol–water partition coefficient (Wildman–Crippen LogP) is 11.1. The smallest absolute Gasteiger partial charge is 0.306 e. The molecular weight excluding hydrogens is 672 g/mol. The van der Waals surface area contributed by atoms with Crippen LogP contribution in [0, 0.1) is 5.92 Å². The molecule has 0 aromatic rings. The molecular formula is C44H80O9. The highest BCUT2D eigenvalue weighted by Crippen LogP contribution is 2.18. The highest BCUT2D eigenvalue weighted by Gasteiger charge is 2.17. The third kappa shape index (κ3) is 36.3. The van der Waals surface area contributed by atoms with Gasteiger partial charge in [-0.3, -0.25) is 19.2 Å². The van der Waals surface area contributed by atoms with Crippen LogP contribution in [0.1, 0.15) is 207 Å². The van der Waals surface area contributed by atoms with Gasteiger partial charge >= 0.3 is 23.9 Å². The highest BCUT2D eigenvalue weighted by molar-refractivity contribution is 5.72. The average Bonchev–Trinajstić information content (AvgIpc) is 3.14. The van der Waals surface area contributed by atoms with Gasteiger partial charge < -0.3 is 24.1 Å². The molecule has 1 N–H and O–H groups in total. The van der Waals surface area contributed by atoms with Gasteiger partial charge in [0.25, 0.3) is 0 Å². The molecule has 9 nitrogen and oxygen atoms in total. The van der Waals surface area contributed by atoms with E-state index in [1.54, 1.807) is 0 Å². The Bertz CT molecular complexity index is 887. The van der Waals surface area contributed by atoms with E-state index in [0.717, 1.165) is 57.8 Å². The molecule has 310 valence electrons. The summed E-state index contributed by atoms with van der Waals surface area (Å²) >= 11 is 0. The molecule has 0 amide bonds. The second-order valence-electron chi connectivity index (χ2n) is 14.8. The first-order valence-corrected chi connectivity index (χ1v) is 21.8. The van der Waals surface area contributed by atoms with Crippen molar-refractivity contribution in [2.45, 2.75) is 213 Å². The number of unbranched alkanes of at least 4 members (excludes halogenated alkanes) is 18. The topological polar surface area (TPSA) is 125 Å². The largest absolute Gasteiger partial charge is 0.465 e. The van der Waals surface area contributed by atoms with Crippen molar-refractivity contribution in [3.8, 4) is 0 Å². The van der Waals surface area contributed by atoms with Crippen LogP contribution < -0.4 is 0 Å². The van der Waals surface area contributed by atoms with E-state index >= 15 is 0 Å². The van der Waals surface area contributed by atoms with Crippen molar-refractivity contribution in [3.05, 3.63) is 12.2 Å². The fraction of sp³-hybridized carbons (Fsp3) is 0.864. The van der Waals surface area contributed by atoms with Crippen molar-refractivity contribution in [3.63, 3.8) is 0 Å². The molecule has 53 heavy (non-hydrogen) atoms. The molecule has 0 spiro atoms. The van der Waals surface area contributed by atoms with Crippen LogP contribution in [0.5, 0.6) is 0 Å². The van der Waals surface area contributed by atoms with Crippen molar-refractivity contribution in [1.82, 2.24) is 0 Å². The molecule has 0 aliphatic carbocycles. The molecule has 0 aromatic heterocycles. The maximum atomic E-state index is 12.6. The van der Waals surface area contributed by atoms with Gasteiger partial charge in [0, 0.05) is 25.7 Å². The summed E-state index contributed by atoms with van der Waals surface area (Å²) in [6.45, 7) is 6.62. The third-order valence-electron chi connectivity index (χ3n) is 9.53. The molecule has 1 atom stereocenters. The lowest BCUT2D eigenvalue weighted by Crippen LogP contribution is -2.24. The summed E-state index contributed by atoms with van der Waals surface area (Å²) < 4.78 is 21.7. The fourth-order valence-electron chi connectivity index (χ4n) is 6.07. The molecule has 0 saturated carbocycles. The Morgan fingerprint density at radius 1 is 0.472 bits per heavy atom. The number of aliphatic hydroxyl groups is 1. The molecule has 0 aliphatic rings. The molecule has 9 heteroatoms. The minimum absolute atomic E-state index is 0.0241. The second-order valence-corrected chi connectivity index (χ2v) is 14.8. The molecule has 1 unspecified atom stereocenters. The van der Waals surface area contributed by atoms with Crippen LogP contribution >= 0.6 is 0 Å². The minimum Gasteiger partial charge on any atom is -0.465 e. The van der Waals surface area contributed by atoms with E-state index in [4.69, 9.17) is 18.9 Å². The summed E-state index contributed by atoms with van der Waals surface area (Å²) in [5.74, 6) is -1.72. The van der Waals surface area contributed by atoms with Crippen LogP contribution in [-0.4, -0.2) is 61.5 Å². The van der Waals surface area contributed by atoms with E-state index in [0.29, 0.717) is 25.9 Å². The van der Waals surface area contributed by atoms with Crippen molar-refractivity contribution in [2.24, 2.45) is 5.92 Å². The van der Waals surface area contributed by atoms with Gasteiger partial charge in [0.05, 0.1) is 25.7 Å². The van der Waals surface area contributed by atoms with Gasteiger partial charge in [-0.2, -0.15) is 0 Å². The van der Waals surface area contributed by atoms with Gasteiger partial charge in [-0.15, -0.1) is 0 Å². The SMILES string of the molecule is CCCCCC/C=C\COC(=O)CCCCCCCC(=O)OCC(CO)COC(=O)CCCC(=O)OC(CCCCCCCC)CCCCCCCC. The molecule has 0 radical (unpaired) electrons. The first-order chi connectivity index (χ1) is 25.9. The summed E-state index contributed by atoms with van der Waals surface area (Å²) in [4.78, 5) is 49.0. The molecule has 0 rings (SSSR count). The van der Waals surface area contributed by atoms with E-state index in [1.807, 2.05) is 6.08 Å². The van der Waals surface area contributed by atoms with Crippen LogP contribution in [0.15, 0.2) is 12.2 Å². The molecule has 0 fully saturated rings. The van der Waals surface area contributed by atoms with E-state index in [2.05, 4.69) is 26.8 Å². The molecule has 0 aromatic carbocycles. The monoisotopic (exact) mass is 753 g/mol. The van der Waals surface area contributed by atoms with E-state index in [-0.39, 0.29) is 63.1 Å². The Balaban J connectivity index is 4.07. The Morgan fingerprint density at radius 2 is 0.887 bits per heavy atom. The predicted molar refractivity (Wildman–Crippen MR) is 213 cm³/mol. The van der Waals surface area contributed by atoms with Gasteiger partial charge in [-0.25, -0.2) is 0 Å². The van der Waals surface area contributed by atoms with Crippen LogP contribution in [0.2, 0.25) is 0 Å². The Kier molecular flexibility index (Phi) is 37.5. The molecule has 0 bridgehead atoms. The first kappa shape index (κ1) is 50.6. The lowest BCUT2D eigenvalue weighted by Gasteiger charge is -2.18. The standard InChI is InChI=1S/C44H80O9/c1-4-7-10-13-16-22-27-35-50-41(46)31-25-20-17-21-26-32-42(47)51-37-39(36-45)38-52-43(48)33-28-34-44(49)53-40(29-23-18-14-11-8-5-2)30-24-19-15-12-9-6-3/h22,27,39-40,45H,4-21,23-26,28-38H2,1-3H3/b27-22-. The number of carbonyl (C=O) groups is 4. The summed E-state index contributed by atoms with van der Waals surface area (Å²) in [7, 11) is 0. The van der Waals surface area contributed by atoms with Crippen molar-refractivity contribution in [2.75, 3.05) is 26.4 Å². The van der Waals surface area contributed by atoms with E-state index in [9.17, 15) is 24.3 Å². The number of ether oxygens (including phenoxy) is 4. The summed E-state index contributed by atoms with van der Waals surface area (Å²) in [6, 6.07) is 0. The summed E-state index contributed by atoms with van der Waals surface area (Å²) in [5, 5.41) is 9.68. The Hall–Kier alpha value is -2.42. The number of aliphatic hydroxyl groups excluding tert-OH is 1. The second kappa shape index (κ2) is 39.3. The number of allylic oxidation sites excluding steroid dienone is 1. The van der Waals surface area contributed by atoms with Gasteiger partial charge in [-0.1, -0.05) is 136 Å². The third-order valence-corrected chi connectivity index (χ3v) is 9.53. The zero-order chi connectivity index (χ0) is 39.0. The fourth-order valence-corrected chi connectivity index (χ4v) is 6.07. The average molecular weight is 753 g/mol. The van der Waals surface area contributed by atoms with Crippen molar-refractivity contribution >= 4 is 23.9 Å². The Morgan fingerprint density at radius 3 is 1.40 bits per heavy atom. The normalized spacial score (nSPS) is 11.9. The quantitative estimate of drug-likeness (QED) is 0.0282. The summed E-state index contributed by atoms with van der Waals surface area (Å²) in [6.07, 6.45) is 31.6. The van der Waals surface area contributed by atoms with Crippen LogP contribution in [0.3, 0.4) is 0 Å². The lowest BCUT2D eigenvalue weighted by molar-refractivity contribution is -0.151. The number of esters is 4. The number of rotatable bonds is 39. The zero-order valence-electron chi connectivity index (χ0n) is 34.4. The Labute approximate surface area is 324 Å². The number of hydrogen-bond acceptors (Lipinski definition) is 9. The highest BCUT2D eigenvalue weighted by atomic mass is 16.6. The minimum atomic E-state index is -0.501. The summed E-state index contributed by atoms with van der Waals surface area (Å²) in [5.41, 5.74) is 0. The maximum absolute atomic E-state index is 12.6.